The average Bonchev–Trinajstić information content (AvgIpc) is 3.46. The second-order valence-electron chi connectivity index (χ2n) is 8.40. The van der Waals surface area contributed by atoms with Crippen molar-refractivity contribution in [2.75, 3.05) is 29.1 Å². The number of carbonyl (C=O) groups excluding carboxylic acids is 2. The number of aromatic nitrogens is 5. The maximum Gasteiger partial charge on any atom is 0.261 e. The Hall–Kier alpha value is -4.65. The van der Waals surface area contributed by atoms with Gasteiger partial charge in [-0.15, -0.1) is 10.2 Å². The van der Waals surface area contributed by atoms with E-state index < -0.39 is 29.3 Å². The van der Waals surface area contributed by atoms with Gasteiger partial charge in [0.15, 0.2) is 40.4 Å². The highest BCUT2D eigenvalue weighted by Crippen LogP contribution is 2.33. The molecule has 5 rings (SSSR count). The van der Waals surface area contributed by atoms with Gasteiger partial charge in [-0.3, -0.25) is 14.5 Å². The van der Waals surface area contributed by atoms with Crippen LogP contribution in [0.15, 0.2) is 35.1 Å². The van der Waals surface area contributed by atoms with E-state index in [1.807, 2.05) is 6.07 Å². The third kappa shape index (κ3) is 4.26. The zero-order valence-electron chi connectivity index (χ0n) is 19.4. The van der Waals surface area contributed by atoms with Crippen LogP contribution >= 0.6 is 11.6 Å². The minimum atomic E-state index is -2.40. The second kappa shape index (κ2) is 9.34. The summed E-state index contributed by atoms with van der Waals surface area (Å²) in [6, 6.07) is 5.91. The van der Waals surface area contributed by atoms with E-state index in [0.29, 0.717) is 5.39 Å². The fraction of sp³-hybridized carbons (Fsp3) is 0.227. The minimum Gasteiger partial charge on any atom is -0.380 e. The molecule has 1 aliphatic heterocycles. The molecule has 14 nitrogen and oxygen atoms in total. The maximum atomic E-state index is 14.9. The van der Waals surface area contributed by atoms with Crippen LogP contribution in [0.3, 0.4) is 0 Å². The molecule has 1 aliphatic rings. The molecule has 0 aliphatic carbocycles. The molecule has 0 saturated carbocycles. The Morgan fingerprint density at radius 1 is 1.42 bits per heavy atom. The number of ether oxygens (including phenoxy) is 1. The summed E-state index contributed by atoms with van der Waals surface area (Å²) in [5, 5.41) is 38.0. The lowest BCUT2D eigenvalue weighted by molar-refractivity contribution is -0.165. The van der Waals surface area contributed by atoms with Crippen LogP contribution in [-0.4, -0.2) is 66.9 Å². The van der Waals surface area contributed by atoms with Crippen molar-refractivity contribution < 1.29 is 28.3 Å². The Balaban J connectivity index is 1.38. The number of nitrogens with zero attached hydrogens (tertiary/aromatic N) is 7. The van der Waals surface area contributed by atoms with Crippen LogP contribution in [0.4, 0.5) is 21.7 Å². The molecule has 1 fully saturated rings. The second-order valence-corrected chi connectivity index (χ2v) is 8.80. The summed E-state index contributed by atoms with van der Waals surface area (Å²) in [6.45, 7) is 0.858. The van der Waals surface area contributed by atoms with Crippen molar-refractivity contribution in [3.8, 4) is 11.8 Å². The predicted octanol–water partition coefficient (Wildman–Crippen LogP) is 1.17. The molecular weight excluding hydrogens is 525 g/mol. The van der Waals surface area contributed by atoms with Gasteiger partial charge in [0.25, 0.3) is 11.8 Å². The summed E-state index contributed by atoms with van der Waals surface area (Å²) in [5.41, 5.74) is 3.85. The molecule has 0 spiro atoms. The number of nitrogen functional groups attached to an aromatic ring is 1. The van der Waals surface area contributed by atoms with E-state index >= 15 is 0 Å². The van der Waals surface area contributed by atoms with Gasteiger partial charge in [0.05, 0.1) is 41.6 Å². The highest BCUT2D eigenvalue weighted by atomic mass is 35.5. The van der Waals surface area contributed by atoms with Crippen LogP contribution in [-0.2, 0) is 14.3 Å². The van der Waals surface area contributed by atoms with Crippen molar-refractivity contribution in [1.82, 2.24) is 25.1 Å². The first kappa shape index (κ1) is 25.0. The minimum absolute atomic E-state index is 0.0169. The smallest absolute Gasteiger partial charge is 0.261 e. The largest absolute Gasteiger partial charge is 0.380 e. The van der Waals surface area contributed by atoms with Gasteiger partial charge in [-0.1, -0.05) is 16.8 Å². The number of hydrogen-bond donors (Lipinski definition) is 3. The van der Waals surface area contributed by atoms with Crippen molar-refractivity contribution in [1.29, 1.82) is 5.26 Å². The summed E-state index contributed by atoms with van der Waals surface area (Å²) in [7, 11) is 0. The van der Waals surface area contributed by atoms with Gasteiger partial charge in [-0.05, 0) is 13.0 Å². The van der Waals surface area contributed by atoms with E-state index in [1.165, 1.54) is 24.4 Å². The maximum absolute atomic E-state index is 14.9. The Kier molecular flexibility index (Phi) is 6.15. The molecule has 38 heavy (non-hydrogen) atoms. The lowest BCUT2D eigenvalue weighted by Crippen LogP contribution is -2.61. The lowest BCUT2D eigenvalue weighted by Gasteiger charge is -2.37. The fourth-order valence-corrected chi connectivity index (χ4v) is 4.20. The number of fused-ring (bicyclic) bond motifs is 1. The first-order chi connectivity index (χ1) is 18.1. The van der Waals surface area contributed by atoms with Crippen LogP contribution in [0.25, 0.3) is 16.7 Å². The van der Waals surface area contributed by atoms with E-state index in [2.05, 4.69) is 25.8 Å². The van der Waals surface area contributed by atoms with Gasteiger partial charge in [0, 0.05) is 17.8 Å². The summed E-state index contributed by atoms with van der Waals surface area (Å²) < 4.78 is 26.5. The van der Waals surface area contributed by atoms with Gasteiger partial charge in [-0.2, -0.15) is 10.4 Å². The number of morpholine rings is 1. The highest BCUT2D eigenvalue weighted by molar-refractivity contribution is 6.36. The standard InChI is InChI=1S/C22H17ClFN9O5/c1-22(36,21(35)28-10-5-13(23)16-15(6-10)38-31-18(16)26)17-20(34)32(2-3-37-17)19-14(24)9-33(30-19)12-4-11(7-25)29-27-8-12/h4-6,8-9,17,36H,2-3H2,1H3,(H2,26,31)(H,28,35)/t17-,22?/m0/s1. The Bertz CT molecular complexity index is 1630. The third-order valence-electron chi connectivity index (χ3n) is 5.80. The van der Waals surface area contributed by atoms with Crippen molar-refractivity contribution in [2.24, 2.45) is 0 Å². The van der Waals surface area contributed by atoms with Crippen molar-refractivity contribution in [2.45, 2.75) is 18.6 Å². The van der Waals surface area contributed by atoms with Crippen LogP contribution in [0, 0.1) is 17.1 Å². The third-order valence-corrected chi connectivity index (χ3v) is 6.10. The Morgan fingerprint density at radius 2 is 2.21 bits per heavy atom. The monoisotopic (exact) mass is 541 g/mol. The van der Waals surface area contributed by atoms with Crippen molar-refractivity contribution >= 4 is 51.7 Å². The number of nitrogens with two attached hydrogens (primary N) is 1. The van der Waals surface area contributed by atoms with E-state index in [0.717, 1.165) is 22.7 Å². The van der Waals surface area contributed by atoms with Gasteiger partial charge in [-0.25, -0.2) is 9.07 Å². The summed E-state index contributed by atoms with van der Waals surface area (Å²) in [5.74, 6) is -3.07. The molecule has 4 heterocycles. The quantitative estimate of drug-likeness (QED) is 0.327. The molecule has 1 unspecified atom stereocenters. The topological polar surface area (TPSA) is 198 Å². The van der Waals surface area contributed by atoms with Crippen LogP contribution in [0.2, 0.25) is 5.02 Å². The SMILES string of the molecule is CC(O)(C(=O)Nc1cc(Cl)c2c(N)noc2c1)[C@H]1OCCN(c2nn(-c3cnnc(C#N)c3)cc2F)C1=O. The molecule has 16 heteroatoms. The number of benzene rings is 1. The molecule has 2 amide bonds. The highest BCUT2D eigenvalue weighted by Gasteiger charge is 2.49. The molecule has 4 aromatic rings. The summed E-state index contributed by atoms with van der Waals surface area (Å²) >= 11 is 6.20. The van der Waals surface area contributed by atoms with E-state index in [9.17, 15) is 19.1 Å². The van der Waals surface area contributed by atoms with Gasteiger partial charge >= 0.3 is 0 Å². The molecule has 1 saturated heterocycles. The first-order valence-electron chi connectivity index (χ1n) is 10.9. The molecule has 1 aromatic carbocycles. The Morgan fingerprint density at radius 3 is 2.97 bits per heavy atom. The summed E-state index contributed by atoms with van der Waals surface area (Å²) in [6.07, 6.45) is 0.549. The number of anilines is 3. The molecule has 194 valence electrons. The fourth-order valence-electron chi connectivity index (χ4n) is 3.89. The number of aliphatic hydroxyl groups is 1. The molecular formula is C22H17ClFN9O5. The zero-order chi connectivity index (χ0) is 27.2. The number of rotatable bonds is 5. The van der Waals surface area contributed by atoms with Crippen LogP contribution in [0.5, 0.6) is 0 Å². The number of halogens is 2. The van der Waals surface area contributed by atoms with E-state index in [4.69, 9.17) is 31.9 Å². The molecule has 2 atom stereocenters. The number of hydrogen-bond acceptors (Lipinski definition) is 11. The molecule has 0 bridgehead atoms. The number of nitrogens with one attached hydrogen (secondary N) is 1. The zero-order valence-corrected chi connectivity index (χ0v) is 20.2. The van der Waals surface area contributed by atoms with Crippen LogP contribution < -0.4 is 16.0 Å². The number of carbonyl (C=O) groups is 2. The van der Waals surface area contributed by atoms with Gasteiger partial charge in [0.2, 0.25) is 0 Å². The molecule has 0 radical (unpaired) electrons. The van der Waals surface area contributed by atoms with Gasteiger partial charge in [0.1, 0.15) is 6.07 Å². The normalized spacial score (nSPS) is 17.3. The number of nitriles is 1. The van der Waals surface area contributed by atoms with Gasteiger partial charge < -0.3 is 25.4 Å². The summed E-state index contributed by atoms with van der Waals surface area (Å²) in [4.78, 5) is 27.3. The lowest BCUT2D eigenvalue weighted by atomic mass is 9.95. The Labute approximate surface area is 217 Å². The van der Waals surface area contributed by atoms with Crippen molar-refractivity contribution in [3.05, 3.63) is 47.1 Å². The first-order valence-corrected chi connectivity index (χ1v) is 11.3. The molecule has 4 N–H and O–H groups in total. The number of amides is 2. The van der Waals surface area contributed by atoms with E-state index in [-0.39, 0.29) is 52.5 Å². The van der Waals surface area contributed by atoms with Crippen molar-refractivity contribution in [3.63, 3.8) is 0 Å². The van der Waals surface area contributed by atoms with Crippen LogP contribution in [0.1, 0.15) is 12.6 Å². The molecule has 3 aromatic heterocycles. The van der Waals surface area contributed by atoms with E-state index in [1.54, 1.807) is 0 Å². The predicted molar refractivity (Wildman–Crippen MR) is 129 cm³/mol. The average molecular weight is 542 g/mol.